The SMILES string of the molecule is CCN(CC)CCCC(C)NC(=O)CCC1CCC[N]C1. The lowest BCUT2D eigenvalue weighted by Crippen LogP contribution is -2.34. The second-order valence-corrected chi connectivity index (χ2v) is 6.31. The zero-order chi connectivity index (χ0) is 15.5. The van der Waals surface area contributed by atoms with E-state index in [9.17, 15) is 4.79 Å². The van der Waals surface area contributed by atoms with E-state index in [1.54, 1.807) is 0 Å². The largest absolute Gasteiger partial charge is 0.354 e. The van der Waals surface area contributed by atoms with Gasteiger partial charge in [0.05, 0.1) is 0 Å². The van der Waals surface area contributed by atoms with Gasteiger partial charge in [-0.25, -0.2) is 5.32 Å². The minimum Gasteiger partial charge on any atom is -0.354 e. The molecule has 1 N–H and O–H groups in total. The van der Waals surface area contributed by atoms with Gasteiger partial charge in [-0.2, -0.15) is 0 Å². The Kier molecular flexibility index (Phi) is 9.68. The summed E-state index contributed by atoms with van der Waals surface area (Å²) in [5, 5.41) is 7.58. The fraction of sp³-hybridized carbons (Fsp3) is 0.941. The smallest absolute Gasteiger partial charge is 0.220 e. The summed E-state index contributed by atoms with van der Waals surface area (Å²) in [7, 11) is 0. The van der Waals surface area contributed by atoms with Crippen molar-refractivity contribution < 1.29 is 4.79 Å². The second kappa shape index (κ2) is 11.0. The van der Waals surface area contributed by atoms with Gasteiger partial charge in [-0.1, -0.05) is 13.8 Å². The molecule has 4 nitrogen and oxygen atoms in total. The van der Waals surface area contributed by atoms with Crippen LogP contribution in [0.15, 0.2) is 0 Å². The first-order valence-corrected chi connectivity index (χ1v) is 8.80. The molecule has 1 aliphatic rings. The van der Waals surface area contributed by atoms with E-state index >= 15 is 0 Å². The number of hydrogen-bond donors (Lipinski definition) is 1. The quantitative estimate of drug-likeness (QED) is 0.673. The molecule has 1 saturated heterocycles. The summed E-state index contributed by atoms with van der Waals surface area (Å²) in [5.41, 5.74) is 0. The summed E-state index contributed by atoms with van der Waals surface area (Å²) in [5.74, 6) is 0.860. The molecule has 0 bridgehead atoms. The fourth-order valence-corrected chi connectivity index (χ4v) is 3.01. The van der Waals surface area contributed by atoms with Crippen LogP contribution in [0.25, 0.3) is 0 Å². The Hall–Kier alpha value is -0.610. The van der Waals surface area contributed by atoms with E-state index in [4.69, 9.17) is 0 Å². The van der Waals surface area contributed by atoms with E-state index in [-0.39, 0.29) is 5.91 Å². The molecule has 21 heavy (non-hydrogen) atoms. The molecule has 0 aromatic heterocycles. The zero-order valence-corrected chi connectivity index (χ0v) is 14.2. The molecule has 1 fully saturated rings. The first-order chi connectivity index (χ1) is 10.2. The van der Waals surface area contributed by atoms with Gasteiger partial charge >= 0.3 is 0 Å². The summed E-state index contributed by atoms with van der Waals surface area (Å²) in [6, 6.07) is 0.295. The Morgan fingerprint density at radius 2 is 2.14 bits per heavy atom. The van der Waals surface area contributed by atoms with Crippen LogP contribution in [0.2, 0.25) is 0 Å². The number of rotatable bonds is 10. The van der Waals surface area contributed by atoms with Crippen molar-refractivity contribution in [2.45, 2.75) is 65.3 Å². The molecule has 1 radical (unpaired) electrons. The van der Waals surface area contributed by atoms with Crippen LogP contribution in [0.4, 0.5) is 0 Å². The number of carbonyl (C=O) groups excluding carboxylic acids is 1. The van der Waals surface area contributed by atoms with Gasteiger partial charge in [0.2, 0.25) is 5.91 Å². The van der Waals surface area contributed by atoms with Crippen molar-refractivity contribution in [3.63, 3.8) is 0 Å². The van der Waals surface area contributed by atoms with Gasteiger partial charge in [0.25, 0.3) is 0 Å². The van der Waals surface area contributed by atoms with Gasteiger partial charge in [0, 0.05) is 25.6 Å². The monoisotopic (exact) mass is 296 g/mol. The van der Waals surface area contributed by atoms with Crippen molar-refractivity contribution in [1.82, 2.24) is 15.5 Å². The maximum atomic E-state index is 12.0. The van der Waals surface area contributed by atoms with Crippen molar-refractivity contribution in [2.24, 2.45) is 5.92 Å². The predicted octanol–water partition coefficient (Wildman–Crippen LogP) is 2.41. The maximum Gasteiger partial charge on any atom is 0.220 e. The van der Waals surface area contributed by atoms with Gasteiger partial charge in [-0.3, -0.25) is 4.79 Å². The average Bonchev–Trinajstić information content (AvgIpc) is 2.50. The molecule has 0 aliphatic carbocycles. The van der Waals surface area contributed by atoms with Gasteiger partial charge in [0.1, 0.15) is 0 Å². The first kappa shape index (κ1) is 18.4. The van der Waals surface area contributed by atoms with Crippen LogP contribution in [0, 0.1) is 5.92 Å². The molecule has 0 saturated carbocycles. The molecule has 1 amide bonds. The van der Waals surface area contributed by atoms with E-state index in [0.29, 0.717) is 18.4 Å². The normalized spacial score (nSPS) is 20.5. The minimum atomic E-state index is 0.218. The molecule has 2 unspecified atom stereocenters. The Labute approximate surface area is 131 Å². The molecule has 1 aliphatic heterocycles. The van der Waals surface area contributed by atoms with Gasteiger partial charge in [0.15, 0.2) is 0 Å². The topological polar surface area (TPSA) is 46.4 Å². The zero-order valence-electron chi connectivity index (χ0n) is 14.2. The Balaban J connectivity index is 2.06. The van der Waals surface area contributed by atoms with Crippen molar-refractivity contribution >= 4 is 5.91 Å². The first-order valence-electron chi connectivity index (χ1n) is 8.80. The fourth-order valence-electron chi connectivity index (χ4n) is 3.01. The third-order valence-corrected chi connectivity index (χ3v) is 4.51. The van der Waals surface area contributed by atoms with E-state index in [1.807, 2.05) is 0 Å². The molecule has 2 atom stereocenters. The van der Waals surface area contributed by atoms with E-state index < -0.39 is 0 Å². The van der Waals surface area contributed by atoms with Crippen LogP contribution in [0.1, 0.15) is 59.3 Å². The molecular weight excluding hydrogens is 262 g/mol. The molecule has 0 aromatic carbocycles. The summed E-state index contributed by atoms with van der Waals surface area (Å²) in [6.45, 7) is 11.9. The van der Waals surface area contributed by atoms with Crippen LogP contribution in [-0.2, 0) is 4.79 Å². The number of hydrogen-bond acceptors (Lipinski definition) is 2. The average molecular weight is 296 g/mol. The molecule has 0 aromatic rings. The van der Waals surface area contributed by atoms with Crippen LogP contribution in [0.5, 0.6) is 0 Å². The predicted molar refractivity (Wildman–Crippen MR) is 88.5 cm³/mol. The number of amides is 1. The lowest BCUT2D eigenvalue weighted by atomic mass is 9.94. The molecule has 0 spiro atoms. The van der Waals surface area contributed by atoms with E-state index in [2.05, 4.69) is 36.3 Å². The molecule has 1 rings (SSSR count). The lowest BCUT2D eigenvalue weighted by Gasteiger charge is -2.22. The maximum absolute atomic E-state index is 12.0. The summed E-state index contributed by atoms with van der Waals surface area (Å²) in [6.07, 6.45) is 6.35. The lowest BCUT2D eigenvalue weighted by molar-refractivity contribution is -0.122. The van der Waals surface area contributed by atoms with Crippen LogP contribution >= 0.6 is 0 Å². The summed E-state index contributed by atoms with van der Waals surface area (Å²) in [4.78, 5) is 14.4. The highest BCUT2D eigenvalue weighted by Gasteiger charge is 2.16. The van der Waals surface area contributed by atoms with Crippen LogP contribution in [0.3, 0.4) is 0 Å². The molecule has 123 valence electrons. The minimum absolute atomic E-state index is 0.218. The van der Waals surface area contributed by atoms with Gasteiger partial charge in [-0.05, 0) is 64.6 Å². The molecular formula is C17H34N3O. The van der Waals surface area contributed by atoms with Crippen molar-refractivity contribution in [1.29, 1.82) is 0 Å². The molecule has 1 heterocycles. The second-order valence-electron chi connectivity index (χ2n) is 6.31. The van der Waals surface area contributed by atoms with Crippen molar-refractivity contribution in [3.8, 4) is 0 Å². The highest BCUT2D eigenvalue weighted by atomic mass is 16.1. The van der Waals surface area contributed by atoms with Crippen LogP contribution < -0.4 is 10.6 Å². The number of nitrogens with zero attached hydrogens (tertiary/aromatic N) is 2. The molecule has 4 heteroatoms. The standard InChI is InChI=1S/C17H34N3O/c1-4-20(5-2)13-7-8-15(3)19-17(21)11-10-16-9-6-12-18-14-16/h15-16H,4-14H2,1-3H3,(H,19,21). The van der Waals surface area contributed by atoms with Gasteiger partial charge < -0.3 is 10.2 Å². The van der Waals surface area contributed by atoms with Gasteiger partial charge in [-0.15, -0.1) is 0 Å². The Bertz CT molecular complexity index is 273. The highest BCUT2D eigenvalue weighted by Crippen LogP contribution is 2.16. The summed E-state index contributed by atoms with van der Waals surface area (Å²) >= 11 is 0. The number of piperidine rings is 1. The summed E-state index contributed by atoms with van der Waals surface area (Å²) < 4.78 is 0. The Morgan fingerprint density at radius 3 is 2.76 bits per heavy atom. The third-order valence-electron chi connectivity index (χ3n) is 4.51. The van der Waals surface area contributed by atoms with Crippen LogP contribution in [-0.4, -0.2) is 49.6 Å². The highest BCUT2D eigenvalue weighted by molar-refractivity contribution is 5.76. The Morgan fingerprint density at radius 1 is 1.38 bits per heavy atom. The van der Waals surface area contributed by atoms with E-state index in [0.717, 1.165) is 52.0 Å². The van der Waals surface area contributed by atoms with E-state index in [1.165, 1.54) is 12.8 Å². The number of nitrogens with one attached hydrogen (secondary N) is 1. The number of carbonyl (C=O) groups is 1. The third kappa shape index (κ3) is 8.42. The van der Waals surface area contributed by atoms with Crippen molar-refractivity contribution in [2.75, 3.05) is 32.7 Å². The van der Waals surface area contributed by atoms with Crippen molar-refractivity contribution in [3.05, 3.63) is 0 Å².